The van der Waals surface area contributed by atoms with Gasteiger partial charge in [0.25, 0.3) is 0 Å². The Morgan fingerprint density at radius 1 is 1.35 bits per heavy atom. The first-order valence-electron chi connectivity index (χ1n) is 6.99. The highest BCUT2D eigenvalue weighted by molar-refractivity contribution is 9.10. The van der Waals surface area contributed by atoms with Gasteiger partial charge in [-0.15, -0.1) is 0 Å². The highest BCUT2D eigenvalue weighted by atomic mass is 79.9. The van der Waals surface area contributed by atoms with Gasteiger partial charge in [0, 0.05) is 16.6 Å². The van der Waals surface area contributed by atoms with Gasteiger partial charge in [-0.25, -0.2) is 0 Å². The van der Waals surface area contributed by atoms with Gasteiger partial charge in [0.1, 0.15) is 5.75 Å². The summed E-state index contributed by atoms with van der Waals surface area (Å²) >= 11 is 3.38. The lowest BCUT2D eigenvalue weighted by molar-refractivity contribution is -0.144. The summed E-state index contributed by atoms with van der Waals surface area (Å²) in [6, 6.07) is 5.32. The van der Waals surface area contributed by atoms with Crippen molar-refractivity contribution in [2.75, 3.05) is 6.54 Å². The first kappa shape index (κ1) is 15.3. The number of rotatable bonds is 5. The van der Waals surface area contributed by atoms with Gasteiger partial charge in [-0.1, -0.05) is 28.8 Å². The summed E-state index contributed by atoms with van der Waals surface area (Å²) in [6.07, 6.45) is 3.87. The van der Waals surface area contributed by atoms with Crippen LogP contribution in [0, 0.1) is 11.8 Å². The summed E-state index contributed by atoms with van der Waals surface area (Å²) < 4.78 is 0.924. The molecule has 3 N–H and O–H groups in total. The number of hydrogen-bond acceptors (Lipinski definition) is 3. The van der Waals surface area contributed by atoms with Gasteiger partial charge in [0.15, 0.2) is 0 Å². The second-order valence-corrected chi connectivity index (χ2v) is 6.31. The maximum Gasteiger partial charge on any atom is 0.306 e. The fraction of sp³-hybridized carbons (Fsp3) is 0.533. The van der Waals surface area contributed by atoms with Crippen molar-refractivity contribution >= 4 is 21.9 Å². The van der Waals surface area contributed by atoms with Gasteiger partial charge in [0.2, 0.25) is 0 Å². The van der Waals surface area contributed by atoms with Crippen LogP contribution in [0.15, 0.2) is 22.7 Å². The SMILES string of the molecule is O=C(O)C1CCCCC1CNCc1cc(Br)ccc1O. The summed E-state index contributed by atoms with van der Waals surface area (Å²) in [7, 11) is 0. The summed E-state index contributed by atoms with van der Waals surface area (Å²) in [5, 5.41) is 22.3. The van der Waals surface area contributed by atoms with Crippen molar-refractivity contribution < 1.29 is 15.0 Å². The number of aromatic hydroxyl groups is 1. The first-order valence-corrected chi connectivity index (χ1v) is 7.78. The van der Waals surface area contributed by atoms with Crippen LogP contribution < -0.4 is 5.32 Å². The Balaban J connectivity index is 1.88. The molecule has 5 heteroatoms. The molecule has 4 nitrogen and oxygen atoms in total. The van der Waals surface area contributed by atoms with Crippen LogP contribution in [-0.4, -0.2) is 22.7 Å². The second kappa shape index (κ2) is 7.09. The highest BCUT2D eigenvalue weighted by Crippen LogP contribution is 2.30. The number of nitrogens with one attached hydrogen (secondary N) is 1. The average Bonchev–Trinajstić information content (AvgIpc) is 2.43. The van der Waals surface area contributed by atoms with Crippen LogP contribution >= 0.6 is 15.9 Å². The lowest BCUT2D eigenvalue weighted by Gasteiger charge is -2.28. The normalized spacial score (nSPS) is 22.6. The lowest BCUT2D eigenvalue weighted by atomic mass is 9.79. The summed E-state index contributed by atoms with van der Waals surface area (Å²) in [6.45, 7) is 1.23. The standard InChI is InChI=1S/C15H20BrNO3/c16-12-5-6-14(18)11(7-12)9-17-8-10-3-1-2-4-13(10)15(19)20/h5-7,10,13,17-18H,1-4,8-9H2,(H,19,20). The predicted octanol–water partition coefficient (Wildman–Crippen LogP) is 3.14. The Labute approximate surface area is 127 Å². The van der Waals surface area contributed by atoms with E-state index in [9.17, 15) is 15.0 Å². The van der Waals surface area contributed by atoms with Gasteiger partial charge in [-0.2, -0.15) is 0 Å². The maximum absolute atomic E-state index is 11.2. The van der Waals surface area contributed by atoms with E-state index in [-0.39, 0.29) is 17.6 Å². The van der Waals surface area contributed by atoms with E-state index in [1.807, 2.05) is 6.07 Å². The molecule has 1 aromatic carbocycles. The summed E-state index contributed by atoms with van der Waals surface area (Å²) in [5.74, 6) is -0.455. The van der Waals surface area contributed by atoms with Gasteiger partial charge in [-0.3, -0.25) is 4.79 Å². The third kappa shape index (κ3) is 3.96. The third-order valence-electron chi connectivity index (χ3n) is 3.99. The predicted molar refractivity (Wildman–Crippen MR) is 80.6 cm³/mol. The van der Waals surface area contributed by atoms with Crippen molar-refractivity contribution in [2.45, 2.75) is 32.2 Å². The van der Waals surface area contributed by atoms with Gasteiger partial charge in [-0.05, 0) is 43.5 Å². The van der Waals surface area contributed by atoms with E-state index in [0.717, 1.165) is 35.7 Å². The van der Waals surface area contributed by atoms with Crippen molar-refractivity contribution in [1.82, 2.24) is 5.32 Å². The molecule has 20 heavy (non-hydrogen) atoms. The Kier molecular flexibility index (Phi) is 5.43. The Morgan fingerprint density at radius 3 is 2.85 bits per heavy atom. The van der Waals surface area contributed by atoms with Crippen LogP contribution in [0.25, 0.3) is 0 Å². The molecule has 0 spiro atoms. The van der Waals surface area contributed by atoms with Crippen molar-refractivity contribution in [3.8, 4) is 5.75 Å². The zero-order chi connectivity index (χ0) is 14.5. The Bertz CT molecular complexity index is 478. The van der Waals surface area contributed by atoms with E-state index >= 15 is 0 Å². The van der Waals surface area contributed by atoms with E-state index in [1.54, 1.807) is 12.1 Å². The van der Waals surface area contributed by atoms with Crippen LogP contribution in [0.3, 0.4) is 0 Å². The van der Waals surface area contributed by atoms with Crippen LogP contribution in [0.2, 0.25) is 0 Å². The number of aliphatic carboxylic acids is 1. The number of phenolic OH excluding ortho intramolecular Hbond substituents is 1. The fourth-order valence-corrected chi connectivity index (χ4v) is 3.27. The molecule has 0 saturated heterocycles. The topological polar surface area (TPSA) is 69.6 Å². The maximum atomic E-state index is 11.2. The lowest BCUT2D eigenvalue weighted by Crippen LogP contribution is -2.34. The molecule has 0 amide bonds. The molecule has 1 aliphatic carbocycles. The number of hydrogen-bond donors (Lipinski definition) is 3. The quantitative estimate of drug-likeness (QED) is 0.769. The van der Waals surface area contributed by atoms with Crippen LogP contribution in [0.1, 0.15) is 31.2 Å². The zero-order valence-electron chi connectivity index (χ0n) is 11.3. The molecule has 0 heterocycles. The molecule has 0 bridgehead atoms. The third-order valence-corrected chi connectivity index (χ3v) is 4.48. The summed E-state index contributed by atoms with van der Waals surface area (Å²) in [5.41, 5.74) is 0.821. The van der Waals surface area contributed by atoms with E-state index in [2.05, 4.69) is 21.2 Å². The van der Waals surface area contributed by atoms with E-state index in [4.69, 9.17) is 0 Å². The molecule has 110 valence electrons. The first-order chi connectivity index (χ1) is 9.58. The summed E-state index contributed by atoms with van der Waals surface area (Å²) in [4.78, 5) is 11.2. The van der Waals surface area contributed by atoms with Crippen LogP contribution in [0.4, 0.5) is 0 Å². The zero-order valence-corrected chi connectivity index (χ0v) is 12.9. The molecule has 2 unspecified atom stereocenters. The molecule has 1 aliphatic rings. The molecule has 2 atom stereocenters. The molecule has 1 aromatic rings. The minimum atomic E-state index is -0.679. The van der Waals surface area contributed by atoms with Crippen LogP contribution in [0.5, 0.6) is 5.75 Å². The van der Waals surface area contributed by atoms with E-state index < -0.39 is 5.97 Å². The van der Waals surface area contributed by atoms with Gasteiger partial charge in [0.05, 0.1) is 5.92 Å². The average molecular weight is 342 g/mol. The molecule has 1 saturated carbocycles. The van der Waals surface area contributed by atoms with Crippen LogP contribution in [-0.2, 0) is 11.3 Å². The van der Waals surface area contributed by atoms with E-state index in [0.29, 0.717) is 13.1 Å². The molecular weight excluding hydrogens is 322 g/mol. The number of carboxylic acid groups (broad SMARTS) is 1. The number of phenols is 1. The second-order valence-electron chi connectivity index (χ2n) is 5.39. The molecule has 0 radical (unpaired) electrons. The molecule has 0 aromatic heterocycles. The Morgan fingerprint density at radius 2 is 2.10 bits per heavy atom. The largest absolute Gasteiger partial charge is 0.508 e. The fourth-order valence-electron chi connectivity index (χ4n) is 2.86. The van der Waals surface area contributed by atoms with Gasteiger partial charge >= 0.3 is 5.97 Å². The van der Waals surface area contributed by atoms with Crippen molar-refractivity contribution in [2.24, 2.45) is 11.8 Å². The van der Waals surface area contributed by atoms with Crippen molar-refractivity contribution in [3.05, 3.63) is 28.2 Å². The van der Waals surface area contributed by atoms with Crippen molar-refractivity contribution in [1.29, 1.82) is 0 Å². The van der Waals surface area contributed by atoms with E-state index in [1.165, 1.54) is 0 Å². The number of benzene rings is 1. The molecular formula is C15H20BrNO3. The molecule has 1 fully saturated rings. The molecule has 2 rings (SSSR count). The minimum absolute atomic E-state index is 0.190. The smallest absolute Gasteiger partial charge is 0.306 e. The number of carboxylic acids is 1. The monoisotopic (exact) mass is 341 g/mol. The molecule has 0 aliphatic heterocycles. The number of halogens is 1. The van der Waals surface area contributed by atoms with Gasteiger partial charge < -0.3 is 15.5 Å². The minimum Gasteiger partial charge on any atom is -0.508 e. The van der Waals surface area contributed by atoms with Crippen molar-refractivity contribution in [3.63, 3.8) is 0 Å². The highest BCUT2D eigenvalue weighted by Gasteiger charge is 2.30. The Hall–Kier alpha value is -1.07. The number of carbonyl (C=O) groups is 1.